The summed E-state index contributed by atoms with van der Waals surface area (Å²) >= 11 is 3.41. The minimum absolute atomic E-state index is 0.0919. The highest BCUT2D eigenvalue weighted by Gasteiger charge is 2.42. The molecule has 0 saturated carbocycles. The van der Waals surface area contributed by atoms with E-state index in [0.717, 1.165) is 24.0 Å². The second-order valence-corrected chi connectivity index (χ2v) is 5.41. The standard InChI is InChI=1S/C12H13BrN2O/c13-9-3-1-8(2-4-9)6-15-7-10-5-11(14-10)12(15)16/h1-4,10-11,14H,5-7H2. The van der Waals surface area contributed by atoms with Gasteiger partial charge >= 0.3 is 0 Å². The number of nitrogens with zero attached hydrogens (tertiary/aromatic N) is 1. The molecule has 3 aliphatic rings. The van der Waals surface area contributed by atoms with Gasteiger partial charge in [0.25, 0.3) is 0 Å². The average molecular weight is 281 g/mol. The van der Waals surface area contributed by atoms with E-state index < -0.39 is 0 Å². The second kappa shape index (κ2) is 3.86. The molecule has 0 aliphatic carbocycles. The van der Waals surface area contributed by atoms with Crippen LogP contribution in [-0.4, -0.2) is 29.4 Å². The third-order valence-corrected chi connectivity index (χ3v) is 3.82. The fourth-order valence-electron chi connectivity index (χ4n) is 2.37. The molecule has 3 saturated heterocycles. The Morgan fingerprint density at radius 3 is 2.69 bits per heavy atom. The lowest BCUT2D eigenvalue weighted by Crippen LogP contribution is -2.69. The molecule has 2 unspecified atom stereocenters. The van der Waals surface area contributed by atoms with Gasteiger partial charge in [-0.1, -0.05) is 28.1 Å². The van der Waals surface area contributed by atoms with Gasteiger partial charge < -0.3 is 10.2 Å². The molecular weight excluding hydrogens is 268 g/mol. The van der Waals surface area contributed by atoms with E-state index >= 15 is 0 Å². The van der Waals surface area contributed by atoms with Crippen LogP contribution in [0.4, 0.5) is 0 Å². The van der Waals surface area contributed by atoms with E-state index in [1.165, 1.54) is 5.56 Å². The van der Waals surface area contributed by atoms with Gasteiger partial charge in [0.1, 0.15) is 0 Å². The highest BCUT2D eigenvalue weighted by molar-refractivity contribution is 9.10. The molecule has 3 heterocycles. The van der Waals surface area contributed by atoms with Crippen molar-refractivity contribution in [3.8, 4) is 0 Å². The first-order valence-electron chi connectivity index (χ1n) is 5.51. The maximum absolute atomic E-state index is 11.9. The number of nitrogens with one attached hydrogen (secondary N) is 1. The second-order valence-electron chi connectivity index (χ2n) is 4.50. The lowest BCUT2D eigenvalue weighted by atomic mass is 9.90. The fourth-order valence-corrected chi connectivity index (χ4v) is 2.64. The van der Waals surface area contributed by atoms with E-state index in [2.05, 4.69) is 33.4 Å². The molecule has 3 aliphatic heterocycles. The molecule has 1 amide bonds. The summed E-state index contributed by atoms with van der Waals surface area (Å²) in [6.07, 6.45) is 1.02. The Hall–Kier alpha value is -0.870. The van der Waals surface area contributed by atoms with Gasteiger partial charge in [0.2, 0.25) is 5.91 Å². The molecule has 16 heavy (non-hydrogen) atoms. The summed E-state index contributed by atoms with van der Waals surface area (Å²) in [7, 11) is 0. The molecule has 1 N–H and O–H groups in total. The number of piperidine rings is 1. The smallest absolute Gasteiger partial charge is 0.240 e. The van der Waals surface area contributed by atoms with Crippen LogP contribution in [0, 0.1) is 0 Å². The zero-order chi connectivity index (χ0) is 11.1. The summed E-state index contributed by atoms with van der Waals surface area (Å²) in [5.41, 5.74) is 1.19. The predicted molar refractivity (Wildman–Crippen MR) is 64.9 cm³/mol. The average Bonchev–Trinajstić information content (AvgIpc) is 2.22. The number of hydrogen-bond acceptors (Lipinski definition) is 2. The van der Waals surface area contributed by atoms with Gasteiger partial charge in [-0.05, 0) is 24.1 Å². The van der Waals surface area contributed by atoms with Crippen molar-refractivity contribution in [2.24, 2.45) is 0 Å². The molecule has 3 nitrogen and oxygen atoms in total. The van der Waals surface area contributed by atoms with Crippen LogP contribution in [0.5, 0.6) is 0 Å². The van der Waals surface area contributed by atoms with Crippen molar-refractivity contribution in [3.05, 3.63) is 34.3 Å². The Morgan fingerprint density at radius 1 is 1.38 bits per heavy atom. The van der Waals surface area contributed by atoms with Crippen molar-refractivity contribution in [2.45, 2.75) is 25.0 Å². The highest BCUT2D eigenvalue weighted by Crippen LogP contribution is 2.23. The Bertz CT molecular complexity index is 412. The minimum Gasteiger partial charge on any atom is -0.335 e. The van der Waals surface area contributed by atoms with Crippen molar-refractivity contribution < 1.29 is 4.79 Å². The van der Waals surface area contributed by atoms with E-state index in [9.17, 15) is 4.79 Å². The molecular formula is C12H13BrN2O. The van der Waals surface area contributed by atoms with Crippen LogP contribution in [0.25, 0.3) is 0 Å². The molecule has 0 aromatic heterocycles. The summed E-state index contributed by atoms with van der Waals surface area (Å²) in [5, 5.41) is 3.26. The van der Waals surface area contributed by atoms with Crippen molar-refractivity contribution in [1.82, 2.24) is 10.2 Å². The topological polar surface area (TPSA) is 32.3 Å². The molecule has 84 valence electrons. The Labute approximate surface area is 103 Å². The largest absolute Gasteiger partial charge is 0.335 e. The number of halogens is 1. The van der Waals surface area contributed by atoms with Crippen molar-refractivity contribution >= 4 is 21.8 Å². The summed E-state index contributed by atoms with van der Waals surface area (Å²) in [4.78, 5) is 13.8. The molecule has 1 aromatic carbocycles. The zero-order valence-electron chi connectivity index (χ0n) is 8.82. The molecule has 2 atom stereocenters. The van der Waals surface area contributed by atoms with Crippen LogP contribution in [0.2, 0.25) is 0 Å². The van der Waals surface area contributed by atoms with Crippen LogP contribution in [0.1, 0.15) is 12.0 Å². The van der Waals surface area contributed by atoms with Crippen molar-refractivity contribution in [3.63, 3.8) is 0 Å². The highest BCUT2D eigenvalue weighted by atomic mass is 79.9. The van der Waals surface area contributed by atoms with E-state index in [-0.39, 0.29) is 11.9 Å². The monoisotopic (exact) mass is 280 g/mol. The molecule has 0 radical (unpaired) electrons. The first-order chi connectivity index (χ1) is 7.72. The summed E-state index contributed by atoms with van der Waals surface area (Å²) < 4.78 is 1.07. The van der Waals surface area contributed by atoms with E-state index in [4.69, 9.17) is 0 Å². The Balaban J connectivity index is 1.70. The number of piperazine rings is 1. The summed E-state index contributed by atoms with van der Waals surface area (Å²) in [6.45, 7) is 1.59. The first-order valence-corrected chi connectivity index (χ1v) is 6.31. The van der Waals surface area contributed by atoms with Crippen LogP contribution in [0.3, 0.4) is 0 Å². The third kappa shape index (κ3) is 1.76. The number of hydrogen-bond donors (Lipinski definition) is 1. The van der Waals surface area contributed by atoms with Gasteiger partial charge in [-0.3, -0.25) is 4.79 Å². The fraction of sp³-hybridized carbons (Fsp3) is 0.417. The number of carbonyl (C=O) groups excluding carboxylic acids is 1. The number of fused-ring (bicyclic) bond motifs is 2. The van der Waals surface area contributed by atoms with Gasteiger partial charge in [0.15, 0.2) is 0 Å². The minimum atomic E-state index is 0.0919. The summed E-state index contributed by atoms with van der Waals surface area (Å²) in [5.74, 6) is 0.255. The van der Waals surface area contributed by atoms with E-state index in [1.54, 1.807) is 0 Å². The zero-order valence-corrected chi connectivity index (χ0v) is 10.4. The van der Waals surface area contributed by atoms with Crippen LogP contribution in [-0.2, 0) is 11.3 Å². The van der Waals surface area contributed by atoms with Crippen LogP contribution < -0.4 is 5.32 Å². The van der Waals surface area contributed by atoms with E-state index in [1.807, 2.05) is 17.0 Å². The number of rotatable bonds is 2. The molecule has 3 fully saturated rings. The lowest BCUT2D eigenvalue weighted by Gasteiger charge is -2.47. The molecule has 4 rings (SSSR count). The van der Waals surface area contributed by atoms with Gasteiger partial charge in [0, 0.05) is 23.6 Å². The van der Waals surface area contributed by atoms with Crippen LogP contribution >= 0.6 is 15.9 Å². The number of carbonyl (C=O) groups is 1. The molecule has 2 bridgehead atoms. The molecule has 0 spiro atoms. The maximum atomic E-state index is 11.9. The SMILES string of the molecule is O=C1C2CC(CN1Cc1ccc(Br)cc1)N2. The van der Waals surface area contributed by atoms with Gasteiger partial charge in [-0.25, -0.2) is 0 Å². The van der Waals surface area contributed by atoms with E-state index in [0.29, 0.717) is 6.04 Å². The Morgan fingerprint density at radius 2 is 2.06 bits per heavy atom. The molecule has 1 aromatic rings. The quantitative estimate of drug-likeness (QED) is 0.891. The van der Waals surface area contributed by atoms with Crippen molar-refractivity contribution in [1.29, 1.82) is 0 Å². The first kappa shape index (κ1) is 10.3. The van der Waals surface area contributed by atoms with Gasteiger partial charge in [-0.2, -0.15) is 0 Å². The number of amides is 1. The van der Waals surface area contributed by atoms with Gasteiger partial charge in [0.05, 0.1) is 6.04 Å². The predicted octanol–water partition coefficient (Wildman–Crippen LogP) is 1.52. The molecule has 4 heteroatoms. The lowest BCUT2D eigenvalue weighted by molar-refractivity contribution is -0.143. The van der Waals surface area contributed by atoms with Crippen molar-refractivity contribution in [2.75, 3.05) is 6.54 Å². The third-order valence-electron chi connectivity index (χ3n) is 3.29. The normalized spacial score (nSPS) is 27.8. The van der Waals surface area contributed by atoms with Gasteiger partial charge in [-0.15, -0.1) is 0 Å². The van der Waals surface area contributed by atoms with Crippen LogP contribution in [0.15, 0.2) is 28.7 Å². The maximum Gasteiger partial charge on any atom is 0.240 e. The summed E-state index contributed by atoms with van der Waals surface area (Å²) in [6, 6.07) is 8.77. The number of benzene rings is 1. The Kier molecular flexibility index (Phi) is 2.48.